The quantitative estimate of drug-likeness (QED) is 0.803. The maximum atomic E-state index is 13.2. The molecule has 2 amide bonds. The van der Waals surface area contributed by atoms with Crippen LogP contribution < -0.4 is 4.90 Å². The van der Waals surface area contributed by atoms with Gasteiger partial charge in [-0.05, 0) is 49.1 Å². The van der Waals surface area contributed by atoms with Crippen molar-refractivity contribution >= 4 is 23.6 Å². The molecule has 0 N–H and O–H groups in total. The number of piperazine rings is 1. The lowest BCUT2D eigenvalue weighted by Crippen LogP contribution is -2.53. The zero-order valence-corrected chi connectivity index (χ0v) is 14.7. The fraction of sp³-hybridized carbons (Fsp3) is 0.238. The maximum Gasteiger partial charge on any atom is 0.275 e. The zero-order chi connectivity index (χ0) is 17.7. The highest BCUT2D eigenvalue weighted by Gasteiger charge is 2.38. The van der Waals surface area contributed by atoms with E-state index in [1.54, 1.807) is 9.80 Å². The second kappa shape index (κ2) is 5.59. The largest absolute Gasteiger partial charge is 0.301 e. The summed E-state index contributed by atoms with van der Waals surface area (Å²) in [5.41, 5.74) is 6.56. The Morgan fingerprint density at radius 1 is 0.880 bits per heavy atom. The molecule has 0 bridgehead atoms. The minimum atomic E-state index is -0.107. The molecular weight excluding hydrogens is 312 g/mol. The van der Waals surface area contributed by atoms with Crippen LogP contribution >= 0.6 is 0 Å². The summed E-state index contributed by atoms with van der Waals surface area (Å²) in [6.07, 6.45) is 1.85. The van der Waals surface area contributed by atoms with E-state index < -0.39 is 0 Å². The van der Waals surface area contributed by atoms with Gasteiger partial charge in [-0.25, -0.2) is 0 Å². The topological polar surface area (TPSA) is 40.6 Å². The van der Waals surface area contributed by atoms with Crippen LogP contribution in [-0.2, 0) is 16.1 Å². The van der Waals surface area contributed by atoms with E-state index in [-0.39, 0.29) is 18.4 Å². The second-order valence-corrected chi connectivity index (χ2v) is 6.84. The van der Waals surface area contributed by atoms with Crippen molar-refractivity contribution in [2.24, 2.45) is 0 Å². The van der Waals surface area contributed by atoms with Crippen molar-refractivity contribution in [1.29, 1.82) is 0 Å². The first-order valence-electron chi connectivity index (χ1n) is 8.45. The summed E-state index contributed by atoms with van der Waals surface area (Å²) in [6, 6.07) is 12.1. The van der Waals surface area contributed by atoms with Crippen LogP contribution in [0.1, 0.15) is 27.8 Å². The van der Waals surface area contributed by atoms with E-state index in [0.29, 0.717) is 12.2 Å². The normalized spacial score (nSPS) is 16.5. The average Bonchev–Trinajstić information content (AvgIpc) is 2.57. The van der Waals surface area contributed by atoms with Crippen LogP contribution in [0.3, 0.4) is 0 Å². The van der Waals surface area contributed by atoms with Crippen LogP contribution in [-0.4, -0.2) is 23.3 Å². The van der Waals surface area contributed by atoms with Gasteiger partial charge in [0.05, 0.1) is 12.2 Å². The van der Waals surface area contributed by atoms with Gasteiger partial charge in [-0.15, -0.1) is 0 Å². The summed E-state index contributed by atoms with van der Waals surface area (Å²) in [4.78, 5) is 29.2. The summed E-state index contributed by atoms with van der Waals surface area (Å²) < 4.78 is 0. The Bertz CT molecular complexity index is 923. The van der Waals surface area contributed by atoms with Crippen LogP contribution in [0.5, 0.6) is 0 Å². The van der Waals surface area contributed by atoms with Crippen LogP contribution in [0.15, 0.2) is 42.1 Å². The van der Waals surface area contributed by atoms with Crippen molar-refractivity contribution in [2.45, 2.75) is 27.3 Å². The Labute approximate surface area is 147 Å². The molecule has 4 nitrogen and oxygen atoms in total. The van der Waals surface area contributed by atoms with E-state index in [0.717, 1.165) is 33.5 Å². The summed E-state index contributed by atoms with van der Waals surface area (Å²) in [6.45, 7) is 6.53. The Balaban J connectivity index is 1.82. The summed E-state index contributed by atoms with van der Waals surface area (Å²) in [5.74, 6) is -0.149. The van der Waals surface area contributed by atoms with E-state index >= 15 is 0 Å². The first kappa shape index (κ1) is 15.6. The van der Waals surface area contributed by atoms with E-state index in [1.165, 1.54) is 0 Å². The van der Waals surface area contributed by atoms with Crippen LogP contribution in [0.4, 0.5) is 5.69 Å². The Morgan fingerprint density at radius 3 is 2.32 bits per heavy atom. The molecule has 4 rings (SSSR count). The first-order valence-corrected chi connectivity index (χ1v) is 8.45. The van der Waals surface area contributed by atoms with Crippen molar-refractivity contribution < 1.29 is 9.59 Å². The molecule has 0 aliphatic carbocycles. The van der Waals surface area contributed by atoms with Gasteiger partial charge in [0.1, 0.15) is 12.2 Å². The molecular formula is C21H20N2O2. The third-order valence-corrected chi connectivity index (χ3v) is 4.98. The Hall–Kier alpha value is -2.88. The SMILES string of the molecule is Cc1ccc2c(c1)C=C1C(=O)N(c3c(C)cccc3C)CC(=O)N1C2. The molecule has 0 saturated carbocycles. The van der Waals surface area contributed by atoms with Crippen molar-refractivity contribution in [3.05, 3.63) is 69.9 Å². The number of anilines is 1. The number of para-hydroxylation sites is 1. The highest BCUT2D eigenvalue weighted by atomic mass is 16.2. The van der Waals surface area contributed by atoms with Gasteiger partial charge in [0.2, 0.25) is 5.91 Å². The number of nitrogens with zero attached hydrogens (tertiary/aromatic N) is 2. The zero-order valence-electron chi connectivity index (χ0n) is 14.7. The smallest absolute Gasteiger partial charge is 0.275 e. The molecule has 25 heavy (non-hydrogen) atoms. The molecule has 2 heterocycles. The number of rotatable bonds is 1. The lowest BCUT2D eigenvalue weighted by molar-refractivity contribution is -0.135. The molecule has 2 aromatic rings. The highest BCUT2D eigenvalue weighted by molar-refractivity contribution is 6.16. The minimum Gasteiger partial charge on any atom is -0.301 e. The average molecular weight is 332 g/mol. The number of carbonyl (C=O) groups excluding carboxylic acids is 2. The van der Waals surface area contributed by atoms with E-state index in [4.69, 9.17) is 0 Å². The Kier molecular flexibility index (Phi) is 3.49. The third-order valence-electron chi connectivity index (χ3n) is 4.98. The van der Waals surface area contributed by atoms with Crippen LogP contribution in [0.2, 0.25) is 0 Å². The number of hydrogen-bond donors (Lipinski definition) is 0. The molecule has 1 fully saturated rings. The van der Waals surface area contributed by atoms with Gasteiger partial charge in [-0.1, -0.05) is 42.0 Å². The summed E-state index contributed by atoms with van der Waals surface area (Å²) in [7, 11) is 0. The fourth-order valence-corrected chi connectivity index (χ4v) is 3.72. The monoisotopic (exact) mass is 332 g/mol. The molecule has 2 aliphatic heterocycles. The number of fused-ring (bicyclic) bond motifs is 2. The second-order valence-electron chi connectivity index (χ2n) is 6.84. The lowest BCUT2D eigenvalue weighted by atomic mass is 9.97. The van der Waals surface area contributed by atoms with Gasteiger partial charge < -0.3 is 4.90 Å². The number of amides is 2. The fourth-order valence-electron chi connectivity index (χ4n) is 3.72. The number of aryl methyl sites for hydroxylation is 3. The van der Waals surface area contributed by atoms with Crippen molar-refractivity contribution in [1.82, 2.24) is 4.90 Å². The molecule has 0 radical (unpaired) electrons. The van der Waals surface area contributed by atoms with E-state index in [1.807, 2.05) is 57.2 Å². The predicted octanol–water partition coefficient (Wildman–Crippen LogP) is 3.34. The van der Waals surface area contributed by atoms with Crippen LogP contribution in [0, 0.1) is 20.8 Å². The predicted molar refractivity (Wildman–Crippen MR) is 98.0 cm³/mol. The van der Waals surface area contributed by atoms with E-state index in [2.05, 4.69) is 6.07 Å². The summed E-state index contributed by atoms with van der Waals surface area (Å²) in [5, 5.41) is 0. The minimum absolute atomic E-state index is 0.0419. The van der Waals surface area contributed by atoms with Crippen LogP contribution in [0.25, 0.3) is 6.08 Å². The third kappa shape index (κ3) is 2.45. The lowest BCUT2D eigenvalue weighted by Gasteiger charge is -2.39. The van der Waals surface area contributed by atoms with Crippen molar-refractivity contribution in [2.75, 3.05) is 11.4 Å². The van der Waals surface area contributed by atoms with Gasteiger partial charge in [0.25, 0.3) is 5.91 Å². The van der Waals surface area contributed by atoms with Crippen molar-refractivity contribution in [3.8, 4) is 0 Å². The van der Waals surface area contributed by atoms with Gasteiger partial charge >= 0.3 is 0 Å². The molecule has 0 atom stereocenters. The van der Waals surface area contributed by atoms with E-state index in [9.17, 15) is 9.59 Å². The number of carbonyl (C=O) groups is 2. The molecule has 126 valence electrons. The highest BCUT2D eigenvalue weighted by Crippen LogP contribution is 2.33. The summed E-state index contributed by atoms with van der Waals surface area (Å²) >= 11 is 0. The van der Waals surface area contributed by atoms with Gasteiger partial charge in [0.15, 0.2) is 0 Å². The van der Waals surface area contributed by atoms with Crippen molar-refractivity contribution in [3.63, 3.8) is 0 Å². The van der Waals surface area contributed by atoms with Gasteiger partial charge in [-0.3, -0.25) is 14.5 Å². The van der Waals surface area contributed by atoms with Gasteiger partial charge in [0, 0.05) is 0 Å². The van der Waals surface area contributed by atoms with Gasteiger partial charge in [-0.2, -0.15) is 0 Å². The molecule has 2 aliphatic rings. The molecule has 0 unspecified atom stereocenters. The number of hydrogen-bond acceptors (Lipinski definition) is 2. The molecule has 4 heteroatoms. The molecule has 0 spiro atoms. The number of benzene rings is 2. The standard InChI is InChI=1S/C21H20N2O2/c1-13-7-8-16-11-22-18(10-17(16)9-13)21(25)23(12-19(22)24)20-14(2)5-4-6-15(20)3/h4-10H,11-12H2,1-3H3. The first-order chi connectivity index (χ1) is 12.0. The maximum absolute atomic E-state index is 13.2. The molecule has 0 aromatic heterocycles. The Morgan fingerprint density at radius 2 is 1.60 bits per heavy atom. The molecule has 1 saturated heterocycles. The molecule has 2 aromatic carbocycles.